The zero-order valence-electron chi connectivity index (χ0n) is 12.9. The van der Waals surface area contributed by atoms with Gasteiger partial charge in [-0.05, 0) is 42.8 Å². The van der Waals surface area contributed by atoms with E-state index in [1.807, 2.05) is 55.5 Å². The van der Waals surface area contributed by atoms with Crippen LogP contribution in [0.2, 0.25) is 0 Å². The van der Waals surface area contributed by atoms with E-state index in [1.54, 1.807) is 13.3 Å². The molecule has 0 spiro atoms. The van der Waals surface area contributed by atoms with Gasteiger partial charge in [0.2, 0.25) is 0 Å². The van der Waals surface area contributed by atoms with Gasteiger partial charge in [-0.2, -0.15) is 5.26 Å². The predicted octanol–water partition coefficient (Wildman–Crippen LogP) is 4.00. The van der Waals surface area contributed by atoms with Crippen LogP contribution in [0.15, 0.2) is 54.7 Å². The summed E-state index contributed by atoms with van der Waals surface area (Å²) >= 11 is 0. The van der Waals surface area contributed by atoms with E-state index in [9.17, 15) is 5.26 Å². The number of ether oxygens (including phenoxy) is 1. The van der Waals surface area contributed by atoms with E-state index in [4.69, 9.17) is 4.74 Å². The van der Waals surface area contributed by atoms with Crippen molar-refractivity contribution in [1.82, 2.24) is 9.97 Å². The predicted molar refractivity (Wildman–Crippen MR) is 88.9 cm³/mol. The highest BCUT2D eigenvalue weighted by Gasteiger charge is 2.13. The van der Waals surface area contributed by atoms with Crippen LogP contribution in [0.5, 0.6) is 5.75 Å². The van der Waals surface area contributed by atoms with Crippen LogP contribution in [-0.2, 0) is 0 Å². The number of benzene rings is 1. The van der Waals surface area contributed by atoms with Crippen molar-refractivity contribution in [3.8, 4) is 34.3 Å². The molecule has 0 N–H and O–H groups in total. The maximum Gasteiger partial charge on any atom is 0.118 e. The van der Waals surface area contributed by atoms with Gasteiger partial charge in [-0.3, -0.25) is 9.97 Å². The maximum atomic E-state index is 9.49. The van der Waals surface area contributed by atoms with Gasteiger partial charge in [0.15, 0.2) is 0 Å². The molecule has 0 aliphatic carbocycles. The van der Waals surface area contributed by atoms with E-state index in [-0.39, 0.29) is 0 Å². The van der Waals surface area contributed by atoms with E-state index < -0.39 is 0 Å². The Morgan fingerprint density at radius 1 is 1.04 bits per heavy atom. The van der Waals surface area contributed by atoms with Crippen LogP contribution < -0.4 is 4.74 Å². The van der Waals surface area contributed by atoms with Crippen molar-refractivity contribution in [3.63, 3.8) is 0 Å². The third-order valence-corrected chi connectivity index (χ3v) is 3.64. The number of nitrogens with zero attached hydrogens (tertiary/aromatic N) is 3. The monoisotopic (exact) mass is 301 g/mol. The Hall–Kier alpha value is -3.19. The van der Waals surface area contributed by atoms with Crippen molar-refractivity contribution >= 4 is 0 Å². The number of hydrogen-bond acceptors (Lipinski definition) is 4. The van der Waals surface area contributed by atoms with E-state index in [1.165, 1.54) is 0 Å². The van der Waals surface area contributed by atoms with E-state index in [2.05, 4.69) is 16.0 Å². The number of methoxy groups -OCH3 is 1. The van der Waals surface area contributed by atoms with Gasteiger partial charge >= 0.3 is 0 Å². The van der Waals surface area contributed by atoms with Crippen molar-refractivity contribution in [2.45, 2.75) is 6.92 Å². The molecule has 0 radical (unpaired) electrons. The third kappa shape index (κ3) is 2.90. The molecule has 0 fully saturated rings. The van der Waals surface area contributed by atoms with Gasteiger partial charge in [0, 0.05) is 11.8 Å². The second-order valence-corrected chi connectivity index (χ2v) is 5.07. The molecule has 0 aliphatic heterocycles. The summed E-state index contributed by atoms with van der Waals surface area (Å²) in [5.41, 5.74) is 4.62. The van der Waals surface area contributed by atoms with Gasteiger partial charge in [-0.15, -0.1) is 0 Å². The SMILES string of the molecule is COc1ccc(-c2cc(-c3ccccn3)nc(C)c2C#N)cc1. The highest BCUT2D eigenvalue weighted by Crippen LogP contribution is 2.30. The average molecular weight is 301 g/mol. The Morgan fingerprint density at radius 3 is 2.43 bits per heavy atom. The molecule has 23 heavy (non-hydrogen) atoms. The minimum atomic E-state index is 0.579. The summed E-state index contributed by atoms with van der Waals surface area (Å²) in [5, 5.41) is 9.49. The van der Waals surface area contributed by atoms with Crippen molar-refractivity contribution in [2.75, 3.05) is 7.11 Å². The Bertz CT molecular complexity index is 866. The van der Waals surface area contributed by atoms with Gasteiger partial charge in [-0.1, -0.05) is 18.2 Å². The summed E-state index contributed by atoms with van der Waals surface area (Å²) in [4.78, 5) is 8.87. The van der Waals surface area contributed by atoms with Crippen LogP contribution in [0.3, 0.4) is 0 Å². The second kappa shape index (κ2) is 6.29. The van der Waals surface area contributed by atoms with Crippen LogP contribution in [-0.4, -0.2) is 17.1 Å². The standard InChI is InChI=1S/C19H15N3O/c1-13-17(12-20)16(14-6-8-15(23-2)9-7-14)11-19(22-13)18-5-3-4-10-21-18/h3-11H,1-2H3. The molecular weight excluding hydrogens is 286 g/mol. The Kier molecular flexibility index (Phi) is 4.03. The quantitative estimate of drug-likeness (QED) is 0.733. The third-order valence-electron chi connectivity index (χ3n) is 3.64. The van der Waals surface area contributed by atoms with Crippen LogP contribution in [0.1, 0.15) is 11.3 Å². The normalized spacial score (nSPS) is 10.1. The molecule has 0 saturated carbocycles. The fourth-order valence-electron chi connectivity index (χ4n) is 2.46. The number of nitriles is 1. The summed E-state index contributed by atoms with van der Waals surface area (Å²) in [6.45, 7) is 1.85. The lowest BCUT2D eigenvalue weighted by atomic mass is 9.98. The lowest BCUT2D eigenvalue weighted by Gasteiger charge is -2.10. The van der Waals surface area contributed by atoms with Crippen LogP contribution in [0.25, 0.3) is 22.5 Å². The molecule has 0 aliphatic rings. The summed E-state index contributed by atoms with van der Waals surface area (Å²) in [6.07, 6.45) is 1.73. The molecule has 3 rings (SSSR count). The molecule has 0 saturated heterocycles. The Balaban J connectivity index is 2.18. The topological polar surface area (TPSA) is 58.8 Å². The second-order valence-electron chi connectivity index (χ2n) is 5.07. The molecule has 0 atom stereocenters. The molecule has 0 bridgehead atoms. The van der Waals surface area contributed by atoms with Crippen molar-refractivity contribution < 1.29 is 4.74 Å². The van der Waals surface area contributed by atoms with Crippen molar-refractivity contribution in [3.05, 3.63) is 66.0 Å². The van der Waals surface area contributed by atoms with Crippen LogP contribution >= 0.6 is 0 Å². The molecule has 4 heteroatoms. The largest absolute Gasteiger partial charge is 0.497 e. The Morgan fingerprint density at radius 2 is 1.83 bits per heavy atom. The molecular formula is C19H15N3O. The highest BCUT2D eigenvalue weighted by molar-refractivity contribution is 5.76. The minimum Gasteiger partial charge on any atom is -0.497 e. The fraction of sp³-hybridized carbons (Fsp3) is 0.105. The number of hydrogen-bond donors (Lipinski definition) is 0. The summed E-state index contributed by atoms with van der Waals surface area (Å²) < 4.78 is 5.19. The van der Waals surface area contributed by atoms with Gasteiger partial charge in [0.1, 0.15) is 11.8 Å². The lowest BCUT2D eigenvalue weighted by molar-refractivity contribution is 0.415. The molecule has 2 aromatic heterocycles. The molecule has 2 heterocycles. The lowest BCUT2D eigenvalue weighted by Crippen LogP contribution is -1.97. The van der Waals surface area contributed by atoms with E-state index >= 15 is 0 Å². The molecule has 1 aromatic carbocycles. The average Bonchev–Trinajstić information content (AvgIpc) is 2.62. The molecule has 4 nitrogen and oxygen atoms in total. The van der Waals surface area contributed by atoms with Gasteiger partial charge < -0.3 is 4.74 Å². The Labute approximate surface area is 135 Å². The molecule has 3 aromatic rings. The first-order valence-corrected chi connectivity index (χ1v) is 7.20. The maximum absolute atomic E-state index is 9.49. The first-order chi connectivity index (χ1) is 11.2. The summed E-state index contributed by atoms with van der Waals surface area (Å²) in [7, 11) is 1.63. The van der Waals surface area contributed by atoms with Gasteiger partial charge in [-0.25, -0.2) is 0 Å². The smallest absolute Gasteiger partial charge is 0.118 e. The fourth-order valence-corrected chi connectivity index (χ4v) is 2.46. The summed E-state index contributed by atoms with van der Waals surface area (Å²) in [5.74, 6) is 0.781. The van der Waals surface area contributed by atoms with Gasteiger partial charge in [0.05, 0.1) is 29.8 Å². The van der Waals surface area contributed by atoms with Crippen molar-refractivity contribution in [2.24, 2.45) is 0 Å². The van der Waals surface area contributed by atoms with Crippen LogP contribution in [0.4, 0.5) is 0 Å². The number of rotatable bonds is 3. The zero-order chi connectivity index (χ0) is 16.2. The van der Waals surface area contributed by atoms with E-state index in [0.717, 1.165) is 28.3 Å². The first-order valence-electron chi connectivity index (χ1n) is 7.20. The number of aromatic nitrogens is 2. The van der Waals surface area contributed by atoms with Crippen molar-refractivity contribution in [1.29, 1.82) is 5.26 Å². The van der Waals surface area contributed by atoms with E-state index in [0.29, 0.717) is 11.3 Å². The summed E-state index contributed by atoms with van der Waals surface area (Å²) in [6, 6.07) is 17.5. The number of aryl methyl sites for hydroxylation is 1. The number of pyridine rings is 2. The zero-order valence-corrected chi connectivity index (χ0v) is 12.9. The molecule has 112 valence electrons. The molecule has 0 amide bonds. The van der Waals surface area contributed by atoms with Gasteiger partial charge in [0.25, 0.3) is 0 Å². The minimum absolute atomic E-state index is 0.579. The first kappa shape index (κ1) is 14.7. The highest BCUT2D eigenvalue weighted by atomic mass is 16.5. The molecule has 0 unspecified atom stereocenters. The van der Waals surface area contributed by atoms with Crippen LogP contribution in [0, 0.1) is 18.3 Å².